The largest absolute Gasteiger partial charge is 0.325 e. The van der Waals surface area contributed by atoms with Crippen molar-refractivity contribution in [3.63, 3.8) is 0 Å². The van der Waals surface area contributed by atoms with Gasteiger partial charge in [-0.3, -0.25) is 14.6 Å². The Morgan fingerprint density at radius 1 is 1.19 bits per heavy atom. The lowest BCUT2D eigenvalue weighted by Gasteiger charge is -2.41. The number of urea groups is 1. The minimum Gasteiger partial charge on any atom is -0.322 e. The molecule has 1 unspecified atom stereocenters. The van der Waals surface area contributed by atoms with Crippen LogP contribution in [0.4, 0.5) is 9.18 Å². The van der Waals surface area contributed by atoms with Gasteiger partial charge in [0.05, 0.1) is 0 Å². The van der Waals surface area contributed by atoms with Crippen LogP contribution in [0.5, 0.6) is 0 Å². The molecule has 0 saturated carbocycles. The van der Waals surface area contributed by atoms with Crippen LogP contribution < -0.4 is 5.32 Å². The third-order valence-corrected chi connectivity index (χ3v) is 7.23. The highest BCUT2D eigenvalue weighted by atomic mass is 32.1. The van der Waals surface area contributed by atoms with E-state index in [1.807, 2.05) is 19.9 Å². The Kier molecular flexibility index (Phi) is 6.44. The van der Waals surface area contributed by atoms with Gasteiger partial charge in [-0.1, -0.05) is 32.0 Å². The van der Waals surface area contributed by atoms with Gasteiger partial charge in [-0.05, 0) is 66.9 Å². The maximum absolute atomic E-state index is 13.9. The molecule has 1 atom stereocenters. The number of nitrogens with one attached hydrogen (secondary N) is 1. The fourth-order valence-corrected chi connectivity index (χ4v) is 5.64. The van der Waals surface area contributed by atoms with Gasteiger partial charge in [0.25, 0.3) is 5.91 Å². The van der Waals surface area contributed by atoms with Gasteiger partial charge in [0, 0.05) is 24.4 Å². The summed E-state index contributed by atoms with van der Waals surface area (Å²) in [6.07, 6.45) is 1.96. The molecule has 2 aromatic rings. The molecular formula is C24H30FN3O2S. The molecule has 1 aromatic heterocycles. The fraction of sp³-hybridized carbons (Fsp3) is 0.500. The fourth-order valence-electron chi connectivity index (χ4n) is 4.89. The van der Waals surface area contributed by atoms with E-state index in [4.69, 9.17) is 0 Å². The number of likely N-dealkylation sites (tertiary alicyclic amines) is 1. The van der Waals surface area contributed by atoms with E-state index < -0.39 is 5.54 Å². The van der Waals surface area contributed by atoms with Crippen molar-refractivity contribution in [2.45, 2.75) is 45.2 Å². The summed E-state index contributed by atoms with van der Waals surface area (Å²) in [7, 11) is 0. The van der Waals surface area contributed by atoms with Crippen LogP contribution in [0, 0.1) is 17.7 Å². The van der Waals surface area contributed by atoms with Crippen molar-refractivity contribution in [2.75, 3.05) is 19.6 Å². The van der Waals surface area contributed by atoms with Crippen LogP contribution in [0.15, 0.2) is 41.8 Å². The Morgan fingerprint density at radius 3 is 2.61 bits per heavy atom. The number of benzene rings is 1. The monoisotopic (exact) mass is 443 g/mol. The molecule has 1 aromatic carbocycles. The molecule has 2 saturated heterocycles. The van der Waals surface area contributed by atoms with E-state index in [0.29, 0.717) is 13.0 Å². The molecule has 0 radical (unpaired) electrons. The summed E-state index contributed by atoms with van der Waals surface area (Å²) in [5.41, 5.74) is -0.268. The second-order valence-electron chi connectivity index (χ2n) is 9.15. The van der Waals surface area contributed by atoms with Crippen LogP contribution in [0.3, 0.4) is 0 Å². The van der Waals surface area contributed by atoms with Crippen molar-refractivity contribution in [3.05, 3.63) is 58.0 Å². The molecule has 7 heteroatoms. The maximum Gasteiger partial charge on any atom is 0.325 e. The van der Waals surface area contributed by atoms with Crippen LogP contribution in [-0.2, 0) is 17.8 Å². The highest BCUT2D eigenvalue weighted by Gasteiger charge is 2.55. The summed E-state index contributed by atoms with van der Waals surface area (Å²) in [4.78, 5) is 31.6. The lowest BCUT2D eigenvalue weighted by molar-refractivity contribution is -0.134. The van der Waals surface area contributed by atoms with E-state index in [2.05, 4.69) is 27.7 Å². The average Bonchev–Trinajstić information content (AvgIpc) is 3.31. The van der Waals surface area contributed by atoms with Gasteiger partial charge in [-0.2, -0.15) is 0 Å². The van der Waals surface area contributed by atoms with E-state index in [1.165, 1.54) is 21.9 Å². The topological polar surface area (TPSA) is 52.7 Å². The van der Waals surface area contributed by atoms with Crippen molar-refractivity contribution in [2.24, 2.45) is 11.8 Å². The van der Waals surface area contributed by atoms with Crippen molar-refractivity contribution in [1.29, 1.82) is 0 Å². The normalized spacial score (nSPS) is 23.0. The Morgan fingerprint density at radius 2 is 1.97 bits per heavy atom. The molecule has 5 nitrogen and oxygen atoms in total. The van der Waals surface area contributed by atoms with Crippen LogP contribution in [0.2, 0.25) is 0 Å². The first-order valence-electron chi connectivity index (χ1n) is 11.0. The highest BCUT2D eigenvalue weighted by Crippen LogP contribution is 2.37. The SMILES string of the molecule is CC(C)CN1C(=O)NC(Cc2cccc(F)c2)(C2CCN(Cc3cccs3)CC2)C1=O. The van der Waals surface area contributed by atoms with E-state index in [0.717, 1.165) is 38.0 Å². The smallest absolute Gasteiger partial charge is 0.322 e. The number of hydrogen-bond acceptors (Lipinski definition) is 4. The number of piperidine rings is 1. The summed E-state index contributed by atoms with van der Waals surface area (Å²) >= 11 is 1.76. The Hall–Kier alpha value is -2.25. The zero-order valence-corrected chi connectivity index (χ0v) is 19.0. The van der Waals surface area contributed by atoms with E-state index in [-0.39, 0.29) is 29.6 Å². The third kappa shape index (κ3) is 4.67. The standard InChI is InChI=1S/C24H30FN3O2S/c1-17(2)15-28-22(29)24(26-23(28)30,14-18-5-3-6-20(25)13-18)19-8-10-27(11-9-19)16-21-7-4-12-31-21/h3-7,12-13,17,19H,8-11,14-16H2,1-2H3,(H,26,30). The number of halogens is 1. The minimum atomic E-state index is -1.01. The van der Waals surface area contributed by atoms with Crippen molar-refractivity contribution >= 4 is 23.3 Å². The lowest BCUT2D eigenvalue weighted by Crippen LogP contribution is -2.57. The van der Waals surface area contributed by atoms with Gasteiger partial charge in [-0.15, -0.1) is 11.3 Å². The summed E-state index contributed by atoms with van der Waals surface area (Å²) in [5, 5.41) is 5.16. The first kappa shape index (κ1) is 22.0. The van der Waals surface area contributed by atoms with Gasteiger partial charge >= 0.3 is 6.03 Å². The molecule has 1 N–H and O–H groups in total. The van der Waals surface area contributed by atoms with E-state index in [1.54, 1.807) is 17.4 Å². The molecule has 0 spiro atoms. The molecule has 2 aliphatic rings. The Balaban J connectivity index is 1.56. The quantitative estimate of drug-likeness (QED) is 0.650. The summed E-state index contributed by atoms with van der Waals surface area (Å²) < 4.78 is 13.9. The summed E-state index contributed by atoms with van der Waals surface area (Å²) in [5.74, 6) is -0.280. The molecule has 3 amide bonds. The first-order valence-corrected chi connectivity index (χ1v) is 11.9. The second kappa shape index (κ2) is 9.09. The van der Waals surface area contributed by atoms with E-state index >= 15 is 0 Å². The first-order chi connectivity index (χ1) is 14.9. The lowest BCUT2D eigenvalue weighted by atomic mass is 9.74. The van der Waals surface area contributed by atoms with Crippen molar-refractivity contribution < 1.29 is 14.0 Å². The summed E-state index contributed by atoms with van der Waals surface area (Å²) in [6, 6.07) is 10.3. The Labute approximate surface area is 187 Å². The minimum absolute atomic E-state index is 0.0176. The van der Waals surface area contributed by atoms with Gasteiger partial charge in [0.1, 0.15) is 11.4 Å². The van der Waals surface area contributed by atoms with Crippen LogP contribution in [0.25, 0.3) is 0 Å². The number of carbonyl (C=O) groups is 2. The number of imide groups is 1. The number of nitrogens with zero attached hydrogens (tertiary/aromatic N) is 2. The molecular weight excluding hydrogens is 413 g/mol. The molecule has 31 heavy (non-hydrogen) atoms. The number of carbonyl (C=O) groups excluding carboxylic acids is 2. The van der Waals surface area contributed by atoms with Crippen LogP contribution in [0.1, 0.15) is 37.1 Å². The van der Waals surface area contributed by atoms with Gasteiger partial charge in [0.2, 0.25) is 0 Å². The molecule has 0 aliphatic carbocycles. The maximum atomic E-state index is 13.9. The number of thiophene rings is 1. The molecule has 166 valence electrons. The predicted octanol–water partition coefficient (Wildman–Crippen LogP) is 4.29. The van der Waals surface area contributed by atoms with Crippen molar-refractivity contribution in [1.82, 2.24) is 15.1 Å². The summed E-state index contributed by atoms with van der Waals surface area (Å²) in [6.45, 7) is 7.06. The van der Waals surface area contributed by atoms with Crippen LogP contribution >= 0.6 is 11.3 Å². The van der Waals surface area contributed by atoms with Gasteiger partial charge < -0.3 is 5.32 Å². The number of hydrogen-bond donors (Lipinski definition) is 1. The third-order valence-electron chi connectivity index (χ3n) is 6.37. The van der Waals surface area contributed by atoms with Crippen LogP contribution in [-0.4, -0.2) is 46.9 Å². The Bertz CT molecular complexity index is 925. The average molecular weight is 444 g/mol. The molecule has 0 bridgehead atoms. The van der Waals surface area contributed by atoms with Crippen molar-refractivity contribution in [3.8, 4) is 0 Å². The van der Waals surface area contributed by atoms with E-state index in [9.17, 15) is 14.0 Å². The molecule has 3 heterocycles. The predicted molar refractivity (Wildman–Crippen MR) is 120 cm³/mol. The molecule has 2 fully saturated rings. The van der Waals surface area contributed by atoms with Gasteiger partial charge in [0.15, 0.2) is 0 Å². The molecule has 4 rings (SSSR count). The van der Waals surface area contributed by atoms with Gasteiger partial charge in [-0.25, -0.2) is 9.18 Å². The highest BCUT2D eigenvalue weighted by molar-refractivity contribution is 7.09. The number of amides is 3. The number of rotatable bonds is 7. The molecule has 2 aliphatic heterocycles. The zero-order valence-electron chi connectivity index (χ0n) is 18.1. The zero-order chi connectivity index (χ0) is 22.0. The second-order valence-corrected chi connectivity index (χ2v) is 10.2.